The summed E-state index contributed by atoms with van der Waals surface area (Å²) in [5, 5.41) is 18.5. The molecule has 21 heavy (non-hydrogen) atoms. The fraction of sp³-hybridized carbons (Fsp3) is 0.462. The number of nitrogens with one attached hydrogen (secondary N) is 1. The van der Waals surface area contributed by atoms with Crippen molar-refractivity contribution >= 4 is 16.0 Å². The zero-order valence-electron chi connectivity index (χ0n) is 11.1. The number of hydrogen-bond acceptors (Lipinski definition) is 4. The Labute approximate surface area is 121 Å². The number of hydrogen-bond donors (Lipinski definition) is 3. The fourth-order valence-corrected chi connectivity index (χ4v) is 3.73. The lowest BCUT2D eigenvalue weighted by atomic mass is 9.93. The molecule has 0 amide bonds. The molecule has 1 fully saturated rings. The second-order valence-corrected chi connectivity index (χ2v) is 6.71. The highest BCUT2D eigenvalue weighted by Gasteiger charge is 2.29. The van der Waals surface area contributed by atoms with Gasteiger partial charge in [-0.05, 0) is 31.0 Å². The lowest BCUT2D eigenvalue weighted by molar-refractivity contribution is 0.0696. The van der Waals surface area contributed by atoms with Crippen molar-refractivity contribution in [2.75, 3.05) is 0 Å². The monoisotopic (exact) mass is 317 g/mol. The van der Waals surface area contributed by atoms with Crippen LogP contribution < -0.4 is 4.72 Å². The molecule has 0 aliphatic heterocycles. The van der Waals surface area contributed by atoms with Crippen LogP contribution in [0.15, 0.2) is 23.1 Å². The third kappa shape index (κ3) is 3.58. The van der Waals surface area contributed by atoms with E-state index < -0.39 is 38.9 Å². The average Bonchev–Trinajstić information content (AvgIpc) is 2.40. The third-order valence-corrected chi connectivity index (χ3v) is 5.03. The Balaban J connectivity index is 2.25. The van der Waals surface area contributed by atoms with Gasteiger partial charge in [0.05, 0.1) is 11.7 Å². The van der Waals surface area contributed by atoms with Crippen molar-refractivity contribution in [2.24, 2.45) is 0 Å². The summed E-state index contributed by atoms with van der Waals surface area (Å²) in [7, 11) is -4.14. The van der Waals surface area contributed by atoms with Crippen LogP contribution in [0.25, 0.3) is 0 Å². The molecule has 6 nitrogen and oxygen atoms in total. The van der Waals surface area contributed by atoms with Crippen LogP contribution in [0, 0.1) is 5.82 Å². The summed E-state index contributed by atoms with van der Waals surface area (Å²) in [5.74, 6) is -2.47. The van der Waals surface area contributed by atoms with Crippen LogP contribution in [0.1, 0.15) is 36.0 Å². The van der Waals surface area contributed by atoms with Crippen molar-refractivity contribution in [1.82, 2.24) is 4.72 Å². The van der Waals surface area contributed by atoms with E-state index in [0.717, 1.165) is 25.0 Å². The summed E-state index contributed by atoms with van der Waals surface area (Å²) in [6.07, 6.45) is 1.78. The maximum atomic E-state index is 13.8. The zero-order valence-corrected chi connectivity index (χ0v) is 11.9. The molecule has 1 aromatic rings. The highest BCUT2D eigenvalue weighted by Crippen LogP contribution is 2.22. The Morgan fingerprint density at radius 3 is 2.52 bits per heavy atom. The van der Waals surface area contributed by atoms with Gasteiger partial charge in [-0.1, -0.05) is 12.8 Å². The summed E-state index contributed by atoms with van der Waals surface area (Å²) in [6, 6.07) is 1.95. The standard InChI is InChI=1S/C13H16FNO5S/c14-9-7-8(13(17)18)5-6-12(9)21(19,20)15-10-3-1-2-4-11(10)16/h5-7,10-11,15-16H,1-4H2,(H,17,18)/t10-,11-/m1/s1. The predicted molar refractivity (Wildman–Crippen MR) is 71.9 cm³/mol. The Bertz CT molecular complexity index is 646. The molecule has 0 heterocycles. The highest BCUT2D eigenvalue weighted by molar-refractivity contribution is 7.89. The minimum Gasteiger partial charge on any atom is -0.478 e. The van der Waals surface area contributed by atoms with E-state index in [4.69, 9.17) is 5.11 Å². The molecule has 1 aliphatic carbocycles. The number of halogens is 1. The Hall–Kier alpha value is -1.51. The number of aliphatic hydroxyl groups is 1. The van der Waals surface area contributed by atoms with E-state index >= 15 is 0 Å². The van der Waals surface area contributed by atoms with Crippen molar-refractivity contribution < 1.29 is 27.8 Å². The number of sulfonamides is 1. The first-order chi connectivity index (χ1) is 9.81. The molecule has 0 aromatic heterocycles. The van der Waals surface area contributed by atoms with Gasteiger partial charge in [0.2, 0.25) is 10.0 Å². The molecular weight excluding hydrogens is 301 g/mol. The van der Waals surface area contributed by atoms with Crippen molar-refractivity contribution in [1.29, 1.82) is 0 Å². The molecule has 1 aliphatic rings. The second-order valence-electron chi connectivity index (χ2n) is 5.03. The van der Waals surface area contributed by atoms with Gasteiger partial charge in [-0.2, -0.15) is 0 Å². The van der Waals surface area contributed by atoms with Crippen LogP contribution in [0.2, 0.25) is 0 Å². The molecule has 1 saturated carbocycles. The Morgan fingerprint density at radius 2 is 1.95 bits per heavy atom. The van der Waals surface area contributed by atoms with E-state index in [1.165, 1.54) is 0 Å². The second kappa shape index (κ2) is 6.08. The minimum atomic E-state index is -4.14. The maximum absolute atomic E-state index is 13.8. The molecule has 0 radical (unpaired) electrons. The van der Waals surface area contributed by atoms with Crippen LogP contribution >= 0.6 is 0 Å². The zero-order chi connectivity index (χ0) is 15.6. The largest absolute Gasteiger partial charge is 0.478 e. The van der Waals surface area contributed by atoms with Crippen LogP contribution in [0.5, 0.6) is 0 Å². The van der Waals surface area contributed by atoms with Gasteiger partial charge in [-0.3, -0.25) is 0 Å². The van der Waals surface area contributed by atoms with Gasteiger partial charge in [-0.15, -0.1) is 0 Å². The lowest BCUT2D eigenvalue weighted by Crippen LogP contribution is -2.45. The number of benzene rings is 1. The van der Waals surface area contributed by atoms with Crippen LogP contribution in [0.4, 0.5) is 4.39 Å². The quantitative estimate of drug-likeness (QED) is 0.771. The van der Waals surface area contributed by atoms with E-state index in [1.807, 2.05) is 0 Å². The summed E-state index contributed by atoms with van der Waals surface area (Å²) in [5.41, 5.74) is -0.329. The topological polar surface area (TPSA) is 104 Å². The maximum Gasteiger partial charge on any atom is 0.335 e. The van der Waals surface area contributed by atoms with Crippen molar-refractivity contribution in [2.45, 2.75) is 42.7 Å². The van der Waals surface area contributed by atoms with E-state index in [2.05, 4.69) is 4.72 Å². The molecule has 8 heteroatoms. The molecule has 0 unspecified atom stereocenters. The summed E-state index contributed by atoms with van der Waals surface area (Å²) in [6.45, 7) is 0. The molecular formula is C13H16FNO5S. The Kier molecular flexibility index (Phi) is 4.60. The molecule has 0 spiro atoms. The molecule has 0 bridgehead atoms. The van der Waals surface area contributed by atoms with Gasteiger partial charge in [0.25, 0.3) is 0 Å². The van der Waals surface area contributed by atoms with Crippen molar-refractivity contribution in [3.63, 3.8) is 0 Å². The number of aliphatic hydroxyl groups excluding tert-OH is 1. The average molecular weight is 317 g/mol. The molecule has 2 atom stereocenters. The molecule has 2 rings (SSSR count). The normalized spacial score (nSPS) is 23.0. The molecule has 0 saturated heterocycles. The molecule has 116 valence electrons. The van der Waals surface area contributed by atoms with Gasteiger partial charge in [-0.25, -0.2) is 22.3 Å². The predicted octanol–water partition coefficient (Wildman–Crippen LogP) is 1.11. The number of aromatic carboxylic acids is 1. The Morgan fingerprint density at radius 1 is 1.29 bits per heavy atom. The van der Waals surface area contributed by atoms with Gasteiger partial charge in [0.15, 0.2) is 0 Å². The van der Waals surface area contributed by atoms with Crippen molar-refractivity contribution in [3.05, 3.63) is 29.6 Å². The minimum absolute atomic E-state index is 0.329. The lowest BCUT2D eigenvalue weighted by Gasteiger charge is -2.28. The van der Waals surface area contributed by atoms with Gasteiger partial charge >= 0.3 is 5.97 Å². The summed E-state index contributed by atoms with van der Waals surface area (Å²) in [4.78, 5) is 10.1. The first-order valence-electron chi connectivity index (χ1n) is 6.54. The van der Waals surface area contributed by atoms with Gasteiger partial charge in [0, 0.05) is 6.04 Å². The highest BCUT2D eigenvalue weighted by atomic mass is 32.2. The number of carbonyl (C=O) groups is 1. The molecule has 1 aromatic carbocycles. The summed E-state index contributed by atoms with van der Waals surface area (Å²) >= 11 is 0. The first-order valence-corrected chi connectivity index (χ1v) is 8.03. The number of rotatable bonds is 4. The van der Waals surface area contributed by atoms with Crippen LogP contribution in [-0.4, -0.2) is 36.7 Å². The SMILES string of the molecule is O=C(O)c1ccc(S(=O)(=O)N[C@@H]2CCCC[C@H]2O)c(F)c1. The van der Waals surface area contributed by atoms with Gasteiger partial charge < -0.3 is 10.2 Å². The van der Waals surface area contributed by atoms with Crippen LogP contribution in [0.3, 0.4) is 0 Å². The van der Waals surface area contributed by atoms with Gasteiger partial charge in [0.1, 0.15) is 10.7 Å². The summed E-state index contributed by atoms with van der Waals surface area (Å²) < 4.78 is 40.4. The van der Waals surface area contributed by atoms with E-state index in [9.17, 15) is 22.7 Å². The van der Waals surface area contributed by atoms with E-state index in [1.54, 1.807) is 0 Å². The first kappa shape index (κ1) is 15.9. The third-order valence-electron chi connectivity index (χ3n) is 3.50. The smallest absolute Gasteiger partial charge is 0.335 e. The fourth-order valence-electron chi connectivity index (χ4n) is 2.36. The van der Waals surface area contributed by atoms with E-state index in [-0.39, 0.29) is 5.56 Å². The molecule has 3 N–H and O–H groups in total. The van der Waals surface area contributed by atoms with Crippen molar-refractivity contribution in [3.8, 4) is 0 Å². The van der Waals surface area contributed by atoms with Crippen LogP contribution in [-0.2, 0) is 10.0 Å². The number of carboxylic acids is 1. The number of carboxylic acid groups (broad SMARTS) is 1. The van der Waals surface area contributed by atoms with E-state index in [0.29, 0.717) is 18.9 Å².